The Hall–Kier alpha value is -0.900. The van der Waals surface area contributed by atoms with Crippen molar-refractivity contribution in [2.75, 3.05) is 11.4 Å². The number of anilines is 1. The SMILES string of the molecule is Clc1nncc(N2CC3CCC2C3)n1. The Balaban J connectivity index is 1.89. The number of fused-ring (bicyclic) bond motifs is 2. The molecule has 2 fully saturated rings. The summed E-state index contributed by atoms with van der Waals surface area (Å²) in [7, 11) is 0. The minimum Gasteiger partial charge on any atom is -0.352 e. The second-order valence-electron chi connectivity index (χ2n) is 4.07. The van der Waals surface area contributed by atoms with Crippen molar-refractivity contribution in [3.8, 4) is 0 Å². The number of piperidine rings is 1. The van der Waals surface area contributed by atoms with Gasteiger partial charge in [-0.05, 0) is 36.8 Å². The number of hydrogen-bond donors (Lipinski definition) is 0. The molecule has 1 saturated carbocycles. The van der Waals surface area contributed by atoms with Crippen LogP contribution >= 0.6 is 11.6 Å². The van der Waals surface area contributed by atoms with Crippen LogP contribution in [-0.2, 0) is 0 Å². The average Bonchev–Trinajstić information content (AvgIpc) is 2.78. The molecule has 1 aromatic rings. The van der Waals surface area contributed by atoms with Crippen molar-refractivity contribution in [2.45, 2.75) is 25.3 Å². The molecule has 1 saturated heterocycles. The first-order chi connectivity index (χ1) is 6.83. The lowest BCUT2D eigenvalue weighted by Crippen LogP contribution is -2.32. The molecule has 1 aliphatic heterocycles. The molecule has 2 unspecified atom stereocenters. The summed E-state index contributed by atoms with van der Waals surface area (Å²) in [6.07, 6.45) is 5.66. The zero-order chi connectivity index (χ0) is 9.54. The van der Waals surface area contributed by atoms with Crippen LogP contribution in [0, 0.1) is 5.92 Å². The van der Waals surface area contributed by atoms with Gasteiger partial charge in [0.15, 0.2) is 5.82 Å². The first kappa shape index (κ1) is 8.41. The van der Waals surface area contributed by atoms with Gasteiger partial charge in [0.05, 0.1) is 6.20 Å². The van der Waals surface area contributed by atoms with E-state index in [1.807, 2.05) is 0 Å². The van der Waals surface area contributed by atoms with E-state index in [4.69, 9.17) is 11.6 Å². The average molecular weight is 211 g/mol. The van der Waals surface area contributed by atoms with E-state index in [1.54, 1.807) is 6.20 Å². The van der Waals surface area contributed by atoms with Crippen molar-refractivity contribution in [3.05, 3.63) is 11.5 Å². The first-order valence-corrected chi connectivity index (χ1v) is 5.32. The first-order valence-electron chi connectivity index (χ1n) is 4.95. The van der Waals surface area contributed by atoms with E-state index in [0.29, 0.717) is 6.04 Å². The molecule has 1 aliphatic carbocycles. The quantitative estimate of drug-likeness (QED) is 0.705. The predicted molar refractivity (Wildman–Crippen MR) is 53.3 cm³/mol. The van der Waals surface area contributed by atoms with Crippen LogP contribution in [0.4, 0.5) is 5.82 Å². The van der Waals surface area contributed by atoms with E-state index in [1.165, 1.54) is 19.3 Å². The number of rotatable bonds is 1. The van der Waals surface area contributed by atoms with Gasteiger partial charge in [-0.15, -0.1) is 5.10 Å². The lowest BCUT2D eigenvalue weighted by molar-refractivity contribution is 0.549. The van der Waals surface area contributed by atoms with Gasteiger partial charge in [-0.25, -0.2) is 0 Å². The van der Waals surface area contributed by atoms with E-state index in [0.717, 1.165) is 18.3 Å². The summed E-state index contributed by atoms with van der Waals surface area (Å²) < 4.78 is 0. The Morgan fingerprint density at radius 2 is 2.36 bits per heavy atom. The summed E-state index contributed by atoms with van der Waals surface area (Å²) >= 11 is 5.71. The maximum atomic E-state index is 5.71. The summed E-state index contributed by atoms with van der Waals surface area (Å²) in [6.45, 7) is 1.11. The second kappa shape index (κ2) is 3.05. The number of hydrogen-bond acceptors (Lipinski definition) is 4. The van der Waals surface area contributed by atoms with Crippen molar-refractivity contribution >= 4 is 17.4 Å². The van der Waals surface area contributed by atoms with Gasteiger partial charge in [0.25, 0.3) is 0 Å². The Morgan fingerprint density at radius 3 is 3.00 bits per heavy atom. The molecule has 3 rings (SSSR count). The van der Waals surface area contributed by atoms with Crippen molar-refractivity contribution in [2.24, 2.45) is 5.92 Å². The van der Waals surface area contributed by atoms with E-state index in [2.05, 4.69) is 20.1 Å². The summed E-state index contributed by atoms with van der Waals surface area (Å²) in [5.41, 5.74) is 0. The second-order valence-corrected chi connectivity index (χ2v) is 4.41. The van der Waals surface area contributed by atoms with Crippen molar-refractivity contribution in [1.29, 1.82) is 0 Å². The molecule has 74 valence electrons. The zero-order valence-electron chi connectivity index (χ0n) is 7.73. The lowest BCUT2D eigenvalue weighted by atomic mass is 10.1. The number of aromatic nitrogens is 3. The number of halogens is 1. The molecule has 1 aromatic heterocycles. The van der Waals surface area contributed by atoms with Crippen LogP contribution in [0.5, 0.6) is 0 Å². The Kier molecular flexibility index (Phi) is 1.83. The van der Waals surface area contributed by atoms with E-state index in [-0.39, 0.29) is 5.28 Å². The third-order valence-corrected chi connectivity index (χ3v) is 3.38. The Morgan fingerprint density at radius 1 is 1.43 bits per heavy atom. The highest BCUT2D eigenvalue weighted by Crippen LogP contribution is 2.39. The zero-order valence-corrected chi connectivity index (χ0v) is 8.48. The van der Waals surface area contributed by atoms with E-state index in [9.17, 15) is 0 Å². The molecule has 2 bridgehead atoms. The molecule has 2 aliphatic rings. The van der Waals surface area contributed by atoms with Crippen LogP contribution in [0.2, 0.25) is 5.28 Å². The van der Waals surface area contributed by atoms with Gasteiger partial charge < -0.3 is 4.90 Å². The van der Waals surface area contributed by atoms with Crippen LogP contribution in [0.3, 0.4) is 0 Å². The fraction of sp³-hybridized carbons (Fsp3) is 0.667. The third-order valence-electron chi connectivity index (χ3n) is 3.22. The molecule has 2 atom stereocenters. The van der Waals surface area contributed by atoms with Crippen molar-refractivity contribution in [1.82, 2.24) is 15.2 Å². The highest BCUT2D eigenvalue weighted by atomic mass is 35.5. The molecule has 5 heteroatoms. The minimum absolute atomic E-state index is 0.241. The maximum absolute atomic E-state index is 5.71. The van der Waals surface area contributed by atoms with Crippen molar-refractivity contribution in [3.63, 3.8) is 0 Å². The van der Waals surface area contributed by atoms with Gasteiger partial charge in [-0.1, -0.05) is 0 Å². The fourth-order valence-electron chi connectivity index (χ4n) is 2.62. The highest BCUT2D eigenvalue weighted by molar-refractivity contribution is 6.28. The van der Waals surface area contributed by atoms with Gasteiger partial charge in [-0.3, -0.25) is 0 Å². The molecular weight excluding hydrogens is 200 g/mol. The van der Waals surface area contributed by atoms with Gasteiger partial charge in [-0.2, -0.15) is 10.1 Å². The standard InChI is InChI=1S/C9H11ClN4/c10-9-12-8(4-11-13-9)14-5-6-1-2-7(14)3-6/h4,6-7H,1-3,5H2. The molecule has 4 nitrogen and oxygen atoms in total. The molecule has 0 spiro atoms. The van der Waals surface area contributed by atoms with Gasteiger partial charge in [0.2, 0.25) is 5.28 Å². The van der Waals surface area contributed by atoms with Crippen LogP contribution in [0.25, 0.3) is 0 Å². The summed E-state index contributed by atoms with van der Waals surface area (Å²) in [6, 6.07) is 0.660. The van der Waals surface area contributed by atoms with E-state index >= 15 is 0 Å². The molecule has 0 amide bonds. The topological polar surface area (TPSA) is 41.9 Å². The molecule has 0 radical (unpaired) electrons. The molecule has 2 heterocycles. The van der Waals surface area contributed by atoms with Crippen LogP contribution in [0.15, 0.2) is 6.20 Å². The van der Waals surface area contributed by atoms with Crippen LogP contribution in [-0.4, -0.2) is 27.8 Å². The Labute approximate surface area is 87.3 Å². The Bertz CT molecular complexity index is 356. The minimum atomic E-state index is 0.241. The smallest absolute Gasteiger partial charge is 0.244 e. The van der Waals surface area contributed by atoms with Crippen LogP contribution in [0.1, 0.15) is 19.3 Å². The molecule has 14 heavy (non-hydrogen) atoms. The largest absolute Gasteiger partial charge is 0.352 e. The lowest BCUT2D eigenvalue weighted by Gasteiger charge is -2.27. The van der Waals surface area contributed by atoms with Gasteiger partial charge >= 0.3 is 0 Å². The third kappa shape index (κ3) is 1.25. The predicted octanol–water partition coefficient (Wildman–Crippen LogP) is 1.51. The van der Waals surface area contributed by atoms with Crippen molar-refractivity contribution < 1.29 is 0 Å². The number of nitrogens with zero attached hydrogens (tertiary/aromatic N) is 4. The normalized spacial score (nSPS) is 29.9. The van der Waals surface area contributed by atoms with Crippen LogP contribution < -0.4 is 4.90 Å². The highest BCUT2D eigenvalue weighted by Gasteiger charge is 2.38. The van der Waals surface area contributed by atoms with Gasteiger partial charge in [0, 0.05) is 12.6 Å². The molecular formula is C9H11ClN4. The maximum Gasteiger partial charge on any atom is 0.244 e. The molecule has 0 aromatic carbocycles. The monoisotopic (exact) mass is 210 g/mol. The van der Waals surface area contributed by atoms with Gasteiger partial charge in [0.1, 0.15) is 0 Å². The summed E-state index contributed by atoms with van der Waals surface area (Å²) in [5.74, 6) is 1.74. The summed E-state index contributed by atoms with van der Waals surface area (Å²) in [4.78, 5) is 6.51. The summed E-state index contributed by atoms with van der Waals surface area (Å²) in [5, 5.41) is 7.72. The molecule has 0 N–H and O–H groups in total. The fourth-order valence-corrected chi connectivity index (χ4v) is 2.75. The van der Waals surface area contributed by atoms with E-state index < -0.39 is 0 Å².